The Hall–Kier alpha value is -1.06. The first kappa shape index (κ1) is 13.9. The van der Waals surface area contributed by atoms with E-state index in [-0.39, 0.29) is 6.61 Å². The Balaban J connectivity index is 1.60. The summed E-state index contributed by atoms with van der Waals surface area (Å²) in [5, 5.41) is 12.6. The van der Waals surface area contributed by atoms with E-state index in [9.17, 15) is 0 Å². The zero-order valence-electron chi connectivity index (χ0n) is 12.2. The predicted molar refractivity (Wildman–Crippen MR) is 83.0 cm³/mol. The van der Waals surface area contributed by atoms with E-state index in [0.29, 0.717) is 6.04 Å². The third kappa shape index (κ3) is 3.53. The molecule has 110 valence electrons. The third-order valence-corrected chi connectivity index (χ3v) is 4.51. The van der Waals surface area contributed by atoms with E-state index >= 15 is 0 Å². The predicted octanol–water partition coefficient (Wildman–Crippen LogP) is 2.68. The Bertz CT molecular complexity index is 410. The zero-order chi connectivity index (χ0) is 13.8. The average Bonchev–Trinajstić information content (AvgIpc) is 3.24. The van der Waals surface area contributed by atoms with Gasteiger partial charge in [-0.1, -0.05) is 12.1 Å². The van der Waals surface area contributed by atoms with Gasteiger partial charge in [-0.3, -0.25) is 0 Å². The van der Waals surface area contributed by atoms with Crippen molar-refractivity contribution in [2.45, 2.75) is 57.2 Å². The van der Waals surface area contributed by atoms with Crippen LogP contribution in [0.2, 0.25) is 0 Å². The van der Waals surface area contributed by atoms with E-state index in [1.54, 1.807) is 0 Å². The lowest BCUT2D eigenvalue weighted by Gasteiger charge is -2.39. The fourth-order valence-electron chi connectivity index (χ4n) is 2.82. The first-order chi connectivity index (χ1) is 9.86. The first-order valence-electron chi connectivity index (χ1n) is 8.06. The zero-order valence-corrected chi connectivity index (χ0v) is 12.2. The summed E-state index contributed by atoms with van der Waals surface area (Å²) in [7, 11) is 0. The van der Waals surface area contributed by atoms with Gasteiger partial charge in [-0.15, -0.1) is 0 Å². The summed E-state index contributed by atoms with van der Waals surface area (Å²) < 4.78 is 0. The highest BCUT2D eigenvalue weighted by molar-refractivity contribution is 5.49. The number of aliphatic hydroxyl groups excluding tert-OH is 1. The SMILES string of the molecule is OCCCN(c1ccc(CNC2CC2)cc1)C1CCC1. The topological polar surface area (TPSA) is 35.5 Å². The molecule has 3 nitrogen and oxygen atoms in total. The number of rotatable bonds is 8. The molecule has 0 aliphatic heterocycles. The van der Waals surface area contributed by atoms with E-state index in [0.717, 1.165) is 25.6 Å². The van der Waals surface area contributed by atoms with Crippen LogP contribution in [0.3, 0.4) is 0 Å². The van der Waals surface area contributed by atoms with Crippen LogP contribution in [0.15, 0.2) is 24.3 Å². The highest BCUT2D eigenvalue weighted by Crippen LogP contribution is 2.30. The molecular formula is C17H26N2O. The maximum atomic E-state index is 9.07. The Morgan fingerprint density at radius 1 is 1.10 bits per heavy atom. The first-order valence-corrected chi connectivity index (χ1v) is 8.06. The van der Waals surface area contributed by atoms with E-state index < -0.39 is 0 Å². The fraction of sp³-hybridized carbons (Fsp3) is 0.647. The van der Waals surface area contributed by atoms with Gasteiger partial charge < -0.3 is 15.3 Å². The van der Waals surface area contributed by atoms with Gasteiger partial charge in [0, 0.05) is 37.5 Å². The lowest BCUT2D eigenvalue weighted by Crippen LogP contribution is -2.41. The third-order valence-electron chi connectivity index (χ3n) is 4.51. The highest BCUT2D eigenvalue weighted by atomic mass is 16.3. The standard InChI is InChI=1S/C17H26N2O/c20-12-2-11-19(16-3-1-4-16)17-9-5-14(6-10-17)13-18-15-7-8-15/h5-6,9-10,15-16,18,20H,1-4,7-8,11-13H2. The maximum Gasteiger partial charge on any atom is 0.0447 e. The van der Waals surface area contributed by atoms with Crippen molar-refractivity contribution in [1.82, 2.24) is 5.32 Å². The van der Waals surface area contributed by atoms with E-state index in [1.165, 1.54) is 43.4 Å². The number of benzene rings is 1. The van der Waals surface area contributed by atoms with Gasteiger partial charge in [0.25, 0.3) is 0 Å². The molecule has 0 radical (unpaired) electrons. The molecule has 2 aliphatic rings. The van der Waals surface area contributed by atoms with Crippen molar-refractivity contribution >= 4 is 5.69 Å². The van der Waals surface area contributed by atoms with Crippen LogP contribution >= 0.6 is 0 Å². The van der Waals surface area contributed by atoms with Crippen LogP contribution in [0, 0.1) is 0 Å². The van der Waals surface area contributed by atoms with Crippen molar-refractivity contribution in [3.8, 4) is 0 Å². The van der Waals surface area contributed by atoms with Crippen LogP contribution in [0.1, 0.15) is 44.1 Å². The van der Waals surface area contributed by atoms with E-state index in [2.05, 4.69) is 34.5 Å². The van der Waals surface area contributed by atoms with Crippen molar-refractivity contribution < 1.29 is 5.11 Å². The van der Waals surface area contributed by atoms with Gasteiger partial charge in [-0.05, 0) is 56.2 Å². The van der Waals surface area contributed by atoms with Crippen molar-refractivity contribution in [3.63, 3.8) is 0 Å². The summed E-state index contributed by atoms with van der Waals surface area (Å²) in [6.45, 7) is 2.25. The van der Waals surface area contributed by atoms with E-state index in [1.807, 2.05) is 0 Å². The summed E-state index contributed by atoms with van der Waals surface area (Å²) in [6, 6.07) is 10.5. The van der Waals surface area contributed by atoms with Crippen LogP contribution < -0.4 is 10.2 Å². The van der Waals surface area contributed by atoms with Gasteiger partial charge in [0.1, 0.15) is 0 Å². The van der Waals surface area contributed by atoms with Gasteiger partial charge in [0.15, 0.2) is 0 Å². The second kappa shape index (κ2) is 6.59. The molecule has 0 unspecified atom stereocenters. The molecule has 0 heterocycles. The molecule has 1 aromatic carbocycles. The Morgan fingerprint density at radius 3 is 2.40 bits per heavy atom. The van der Waals surface area contributed by atoms with Crippen LogP contribution in [0.4, 0.5) is 5.69 Å². The Morgan fingerprint density at radius 2 is 1.85 bits per heavy atom. The monoisotopic (exact) mass is 274 g/mol. The molecule has 0 atom stereocenters. The number of anilines is 1. The van der Waals surface area contributed by atoms with Gasteiger partial charge in [-0.25, -0.2) is 0 Å². The summed E-state index contributed by atoms with van der Waals surface area (Å²) in [4.78, 5) is 2.48. The number of aliphatic hydroxyl groups is 1. The number of nitrogens with zero attached hydrogens (tertiary/aromatic N) is 1. The molecule has 0 saturated heterocycles. The van der Waals surface area contributed by atoms with Crippen LogP contribution in [-0.2, 0) is 6.54 Å². The summed E-state index contributed by atoms with van der Waals surface area (Å²) in [5.74, 6) is 0. The average molecular weight is 274 g/mol. The molecular weight excluding hydrogens is 248 g/mol. The number of nitrogens with one attached hydrogen (secondary N) is 1. The number of hydrogen-bond acceptors (Lipinski definition) is 3. The summed E-state index contributed by atoms with van der Waals surface area (Å²) in [5.41, 5.74) is 2.69. The molecule has 0 spiro atoms. The second-order valence-corrected chi connectivity index (χ2v) is 6.18. The molecule has 2 saturated carbocycles. The van der Waals surface area contributed by atoms with Gasteiger partial charge in [-0.2, -0.15) is 0 Å². The van der Waals surface area contributed by atoms with E-state index in [4.69, 9.17) is 5.11 Å². The van der Waals surface area contributed by atoms with Crippen molar-refractivity contribution in [3.05, 3.63) is 29.8 Å². The van der Waals surface area contributed by atoms with Crippen LogP contribution in [0.25, 0.3) is 0 Å². The molecule has 0 amide bonds. The lowest BCUT2D eigenvalue weighted by molar-refractivity contribution is 0.283. The largest absolute Gasteiger partial charge is 0.396 e. The van der Waals surface area contributed by atoms with Gasteiger partial charge in [0.2, 0.25) is 0 Å². The molecule has 3 rings (SSSR count). The van der Waals surface area contributed by atoms with Gasteiger partial charge >= 0.3 is 0 Å². The summed E-state index contributed by atoms with van der Waals surface area (Å²) in [6.07, 6.45) is 7.50. The highest BCUT2D eigenvalue weighted by Gasteiger charge is 2.25. The number of hydrogen-bond donors (Lipinski definition) is 2. The quantitative estimate of drug-likeness (QED) is 0.765. The van der Waals surface area contributed by atoms with Gasteiger partial charge in [0.05, 0.1) is 0 Å². The normalized spacial score (nSPS) is 18.9. The molecule has 20 heavy (non-hydrogen) atoms. The lowest BCUT2D eigenvalue weighted by atomic mass is 9.91. The molecule has 2 N–H and O–H groups in total. The second-order valence-electron chi connectivity index (χ2n) is 6.18. The summed E-state index contributed by atoms with van der Waals surface area (Å²) >= 11 is 0. The van der Waals surface area contributed by atoms with Crippen LogP contribution in [-0.4, -0.2) is 30.3 Å². The minimum absolute atomic E-state index is 0.284. The van der Waals surface area contributed by atoms with Crippen molar-refractivity contribution in [2.75, 3.05) is 18.1 Å². The fourth-order valence-corrected chi connectivity index (χ4v) is 2.82. The smallest absolute Gasteiger partial charge is 0.0447 e. The molecule has 2 aliphatic carbocycles. The minimum atomic E-state index is 0.284. The minimum Gasteiger partial charge on any atom is -0.396 e. The molecule has 2 fully saturated rings. The van der Waals surface area contributed by atoms with Crippen LogP contribution in [0.5, 0.6) is 0 Å². The molecule has 0 aromatic heterocycles. The van der Waals surface area contributed by atoms with Crippen molar-refractivity contribution in [2.24, 2.45) is 0 Å². The Kier molecular flexibility index (Phi) is 4.58. The maximum absolute atomic E-state index is 9.07. The Labute approximate surface area is 122 Å². The molecule has 1 aromatic rings. The molecule has 3 heteroatoms. The van der Waals surface area contributed by atoms with Crippen molar-refractivity contribution in [1.29, 1.82) is 0 Å². The molecule has 0 bridgehead atoms.